The summed E-state index contributed by atoms with van der Waals surface area (Å²) in [6.45, 7) is 8.81. The lowest BCUT2D eigenvalue weighted by Gasteiger charge is -2.18. The highest BCUT2D eigenvalue weighted by Crippen LogP contribution is 2.19. The van der Waals surface area contributed by atoms with Crippen LogP contribution in [-0.2, 0) is 4.79 Å². The van der Waals surface area contributed by atoms with Crippen molar-refractivity contribution in [2.45, 2.75) is 40.2 Å². The maximum absolute atomic E-state index is 12.5. The standard InChI is InChI=1S/C21H27NO3/c1-5-20(25-19-8-6-7-16(4)13-19)21(23)22-17-9-11-18(12-10-17)24-14-15(2)3/h6-13,15,20H,5,14H2,1-4H3,(H,22,23)/t20-/m0/s1. The molecule has 1 N–H and O–H groups in total. The van der Waals surface area contributed by atoms with Crippen molar-refractivity contribution in [1.29, 1.82) is 0 Å². The monoisotopic (exact) mass is 341 g/mol. The summed E-state index contributed by atoms with van der Waals surface area (Å²) in [7, 11) is 0. The minimum Gasteiger partial charge on any atom is -0.493 e. The van der Waals surface area contributed by atoms with Gasteiger partial charge in [0.15, 0.2) is 6.10 Å². The second kappa shape index (κ2) is 9.11. The molecular formula is C21H27NO3. The van der Waals surface area contributed by atoms with Crippen LogP contribution in [-0.4, -0.2) is 18.6 Å². The van der Waals surface area contributed by atoms with E-state index < -0.39 is 6.10 Å². The molecular weight excluding hydrogens is 314 g/mol. The lowest BCUT2D eigenvalue weighted by Crippen LogP contribution is -2.32. The smallest absolute Gasteiger partial charge is 0.265 e. The van der Waals surface area contributed by atoms with Gasteiger partial charge in [0.05, 0.1) is 6.61 Å². The van der Waals surface area contributed by atoms with Crippen molar-refractivity contribution in [2.75, 3.05) is 11.9 Å². The maximum atomic E-state index is 12.5. The van der Waals surface area contributed by atoms with Crippen LogP contribution in [0.3, 0.4) is 0 Å². The van der Waals surface area contributed by atoms with Gasteiger partial charge in [-0.3, -0.25) is 4.79 Å². The van der Waals surface area contributed by atoms with E-state index in [0.29, 0.717) is 24.7 Å². The van der Waals surface area contributed by atoms with E-state index in [-0.39, 0.29) is 5.91 Å². The maximum Gasteiger partial charge on any atom is 0.265 e. The number of nitrogens with one attached hydrogen (secondary N) is 1. The van der Waals surface area contributed by atoms with Gasteiger partial charge < -0.3 is 14.8 Å². The Morgan fingerprint density at radius 2 is 1.80 bits per heavy atom. The van der Waals surface area contributed by atoms with Crippen LogP contribution in [0.1, 0.15) is 32.8 Å². The van der Waals surface area contributed by atoms with Crippen LogP contribution >= 0.6 is 0 Å². The van der Waals surface area contributed by atoms with Crippen LogP contribution in [0, 0.1) is 12.8 Å². The van der Waals surface area contributed by atoms with Crippen LogP contribution in [0.25, 0.3) is 0 Å². The first kappa shape index (κ1) is 18.8. The number of ether oxygens (including phenoxy) is 2. The van der Waals surface area contributed by atoms with Gasteiger partial charge >= 0.3 is 0 Å². The van der Waals surface area contributed by atoms with Crippen LogP contribution in [0.4, 0.5) is 5.69 Å². The van der Waals surface area contributed by atoms with Gasteiger partial charge in [0.25, 0.3) is 5.91 Å². The van der Waals surface area contributed by atoms with Gasteiger partial charge in [0.2, 0.25) is 0 Å². The summed E-state index contributed by atoms with van der Waals surface area (Å²) >= 11 is 0. The zero-order chi connectivity index (χ0) is 18.2. The van der Waals surface area contributed by atoms with Crippen molar-refractivity contribution in [3.8, 4) is 11.5 Å². The molecule has 0 fully saturated rings. The molecule has 0 aromatic heterocycles. The minimum atomic E-state index is -0.529. The summed E-state index contributed by atoms with van der Waals surface area (Å²) in [5.41, 5.74) is 1.83. The Kier molecular flexibility index (Phi) is 6.87. The Labute approximate surface area is 150 Å². The quantitative estimate of drug-likeness (QED) is 0.748. The van der Waals surface area contributed by atoms with Crippen molar-refractivity contribution in [3.63, 3.8) is 0 Å². The fraction of sp³-hybridized carbons (Fsp3) is 0.381. The van der Waals surface area contributed by atoms with Crippen molar-refractivity contribution >= 4 is 11.6 Å². The average Bonchev–Trinajstić information content (AvgIpc) is 2.59. The highest BCUT2D eigenvalue weighted by molar-refractivity contribution is 5.94. The average molecular weight is 341 g/mol. The Hall–Kier alpha value is -2.49. The molecule has 2 aromatic carbocycles. The minimum absolute atomic E-state index is 0.153. The molecule has 0 heterocycles. The third-order valence-electron chi connectivity index (χ3n) is 3.64. The second-order valence-corrected chi connectivity index (χ2v) is 6.55. The molecule has 0 aliphatic carbocycles. The zero-order valence-electron chi connectivity index (χ0n) is 15.4. The number of aryl methyl sites for hydroxylation is 1. The second-order valence-electron chi connectivity index (χ2n) is 6.55. The topological polar surface area (TPSA) is 47.6 Å². The van der Waals surface area contributed by atoms with Gasteiger partial charge in [-0.25, -0.2) is 0 Å². The Morgan fingerprint density at radius 3 is 2.40 bits per heavy atom. The fourth-order valence-electron chi connectivity index (χ4n) is 2.30. The van der Waals surface area contributed by atoms with Crippen LogP contribution in [0.15, 0.2) is 48.5 Å². The lowest BCUT2D eigenvalue weighted by atomic mass is 10.2. The first-order valence-corrected chi connectivity index (χ1v) is 8.75. The Balaban J connectivity index is 1.94. The van der Waals surface area contributed by atoms with Gasteiger partial charge in [-0.2, -0.15) is 0 Å². The number of amides is 1. The van der Waals surface area contributed by atoms with E-state index >= 15 is 0 Å². The molecule has 4 heteroatoms. The van der Waals surface area contributed by atoms with E-state index in [1.165, 1.54) is 0 Å². The molecule has 0 bridgehead atoms. The normalized spacial score (nSPS) is 11.9. The summed E-state index contributed by atoms with van der Waals surface area (Å²) in [5, 5.41) is 2.90. The molecule has 0 aliphatic rings. The van der Waals surface area contributed by atoms with Gasteiger partial charge in [0, 0.05) is 5.69 Å². The molecule has 0 aliphatic heterocycles. The molecule has 2 aromatic rings. The third kappa shape index (κ3) is 6.14. The van der Waals surface area contributed by atoms with E-state index in [1.807, 2.05) is 62.4 Å². The number of hydrogen-bond acceptors (Lipinski definition) is 3. The van der Waals surface area contributed by atoms with Crippen molar-refractivity contribution in [3.05, 3.63) is 54.1 Å². The first-order valence-electron chi connectivity index (χ1n) is 8.75. The van der Waals surface area contributed by atoms with Crippen LogP contribution in [0.5, 0.6) is 11.5 Å². The molecule has 0 unspecified atom stereocenters. The number of hydrogen-bond donors (Lipinski definition) is 1. The van der Waals surface area contributed by atoms with Gasteiger partial charge in [0.1, 0.15) is 11.5 Å². The van der Waals surface area contributed by atoms with Crippen LogP contribution < -0.4 is 14.8 Å². The predicted molar refractivity (Wildman–Crippen MR) is 101 cm³/mol. The molecule has 1 atom stereocenters. The highest BCUT2D eigenvalue weighted by atomic mass is 16.5. The molecule has 0 radical (unpaired) electrons. The Morgan fingerprint density at radius 1 is 1.08 bits per heavy atom. The molecule has 4 nitrogen and oxygen atoms in total. The van der Waals surface area contributed by atoms with E-state index in [0.717, 1.165) is 17.0 Å². The molecule has 134 valence electrons. The molecule has 1 amide bonds. The molecule has 2 rings (SSSR count). The highest BCUT2D eigenvalue weighted by Gasteiger charge is 2.18. The number of rotatable bonds is 8. The van der Waals surface area contributed by atoms with E-state index in [9.17, 15) is 4.79 Å². The number of benzene rings is 2. The van der Waals surface area contributed by atoms with Gasteiger partial charge in [-0.15, -0.1) is 0 Å². The van der Waals surface area contributed by atoms with E-state index in [4.69, 9.17) is 9.47 Å². The Bertz CT molecular complexity index is 680. The summed E-state index contributed by atoms with van der Waals surface area (Å²) < 4.78 is 11.5. The number of carbonyl (C=O) groups excluding carboxylic acids is 1. The summed E-state index contributed by atoms with van der Waals surface area (Å²) in [6, 6.07) is 15.1. The largest absolute Gasteiger partial charge is 0.493 e. The van der Waals surface area contributed by atoms with Crippen molar-refractivity contribution in [1.82, 2.24) is 0 Å². The van der Waals surface area contributed by atoms with Crippen molar-refractivity contribution in [2.24, 2.45) is 5.92 Å². The SMILES string of the molecule is CC[C@H](Oc1cccc(C)c1)C(=O)Nc1ccc(OCC(C)C)cc1. The lowest BCUT2D eigenvalue weighted by molar-refractivity contribution is -0.122. The summed E-state index contributed by atoms with van der Waals surface area (Å²) in [4.78, 5) is 12.5. The summed E-state index contributed by atoms with van der Waals surface area (Å²) in [6.07, 6.45) is 0.0636. The molecule has 0 saturated heterocycles. The number of carbonyl (C=O) groups is 1. The van der Waals surface area contributed by atoms with Crippen LogP contribution in [0.2, 0.25) is 0 Å². The number of anilines is 1. The predicted octanol–water partition coefficient (Wildman–Crippen LogP) is 4.83. The van der Waals surface area contributed by atoms with Gasteiger partial charge in [-0.1, -0.05) is 32.9 Å². The molecule has 25 heavy (non-hydrogen) atoms. The van der Waals surface area contributed by atoms with Gasteiger partial charge in [-0.05, 0) is 61.2 Å². The summed E-state index contributed by atoms with van der Waals surface area (Å²) in [5.74, 6) is 1.83. The van der Waals surface area contributed by atoms with E-state index in [2.05, 4.69) is 19.2 Å². The first-order chi connectivity index (χ1) is 12.0. The third-order valence-corrected chi connectivity index (χ3v) is 3.64. The van der Waals surface area contributed by atoms with Crippen molar-refractivity contribution < 1.29 is 14.3 Å². The molecule has 0 saturated carbocycles. The van der Waals surface area contributed by atoms with E-state index in [1.54, 1.807) is 0 Å². The fourth-order valence-corrected chi connectivity index (χ4v) is 2.30. The zero-order valence-corrected chi connectivity index (χ0v) is 15.4. The molecule has 0 spiro atoms.